The molecule has 110 valence electrons. The van der Waals surface area contributed by atoms with Crippen molar-refractivity contribution in [2.45, 2.75) is 20.0 Å². The van der Waals surface area contributed by atoms with E-state index in [9.17, 15) is 4.79 Å². The van der Waals surface area contributed by atoms with Crippen LogP contribution in [0.2, 0.25) is 1.41 Å². The molecule has 0 unspecified atom stereocenters. The SMILES string of the molecule is [3H]n1ccc(OCc2c(CC)noc2-n2nnn(C)c2=O)n1. The molecule has 3 rings (SSSR count). The number of H-pyrrole nitrogens is 1. The molecule has 0 aliphatic carbocycles. The minimum atomic E-state index is -0.449. The number of aromatic amines is 1. The van der Waals surface area contributed by atoms with Gasteiger partial charge in [-0.3, -0.25) is 5.09 Å². The van der Waals surface area contributed by atoms with E-state index in [2.05, 4.69) is 20.7 Å². The molecule has 0 saturated heterocycles. The highest BCUT2D eigenvalue weighted by Crippen LogP contribution is 2.19. The zero-order valence-electron chi connectivity index (χ0n) is 12.4. The van der Waals surface area contributed by atoms with Gasteiger partial charge in [-0.05, 0) is 16.8 Å². The van der Waals surface area contributed by atoms with Crippen molar-refractivity contribution in [3.8, 4) is 11.8 Å². The van der Waals surface area contributed by atoms with E-state index < -0.39 is 5.69 Å². The minimum Gasteiger partial charge on any atom is -0.471 e. The number of tetrazole rings is 1. The van der Waals surface area contributed by atoms with Crippen LogP contribution in [-0.2, 0) is 20.1 Å². The largest absolute Gasteiger partial charge is 0.471 e. The molecule has 0 amide bonds. The monoisotopic (exact) mass is 293 g/mol. The minimum absolute atomic E-state index is 0.0854. The van der Waals surface area contributed by atoms with Gasteiger partial charge in [0.1, 0.15) is 6.61 Å². The Morgan fingerprint density at radius 2 is 2.38 bits per heavy atom. The summed E-state index contributed by atoms with van der Waals surface area (Å²) in [6.45, 7) is 1.99. The summed E-state index contributed by atoms with van der Waals surface area (Å²) >= 11 is 0. The van der Waals surface area contributed by atoms with E-state index in [-0.39, 0.29) is 18.4 Å². The second-order valence-corrected chi connectivity index (χ2v) is 4.22. The van der Waals surface area contributed by atoms with Crippen molar-refractivity contribution >= 4 is 0 Å². The molecule has 0 spiro atoms. The summed E-state index contributed by atoms with van der Waals surface area (Å²) < 4.78 is 20.1. The second kappa shape index (κ2) is 5.23. The van der Waals surface area contributed by atoms with Crippen LogP contribution < -0.4 is 10.4 Å². The van der Waals surface area contributed by atoms with Crippen LogP contribution in [0.3, 0.4) is 0 Å². The number of ether oxygens (including phenoxy) is 1. The van der Waals surface area contributed by atoms with E-state index in [1.54, 1.807) is 6.07 Å². The Labute approximate surface area is 119 Å². The van der Waals surface area contributed by atoms with E-state index in [1.165, 1.54) is 13.2 Å². The smallest absolute Gasteiger partial charge is 0.370 e. The molecule has 3 aromatic heterocycles. The first kappa shape index (κ1) is 11.9. The lowest BCUT2D eigenvalue weighted by atomic mass is 10.2. The van der Waals surface area contributed by atoms with Crippen LogP contribution in [0.5, 0.6) is 5.88 Å². The highest BCUT2D eigenvalue weighted by Gasteiger charge is 2.21. The highest BCUT2D eigenvalue weighted by molar-refractivity contribution is 5.33. The Morgan fingerprint density at radius 3 is 3.00 bits per heavy atom. The van der Waals surface area contributed by atoms with E-state index >= 15 is 0 Å². The third-order valence-corrected chi connectivity index (χ3v) is 2.90. The Balaban J connectivity index is 1.93. The average Bonchev–Trinajstić information content (AvgIpc) is 3.18. The molecule has 3 aromatic rings. The standard InChI is InChI=1S/C11H13N7O3/c1-3-8-7(6-20-9-4-5-12-13-9)10(21-14-8)18-11(19)17(2)15-16-18/h4-5H,3,6H2,1-2H3,(H,12,13)/i/hT. The molecule has 0 aromatic carbocycles. The summed E-state index contributed by atoms with van der Waals surface area (Å²) in [4.78, 5) is 11.9. The summed E-state index contributed by atoms with van der Waals surface area (Å²) in [5, 5.41) is 16.0. The Bertz CT molecular complexity index is 846. The van der Waals surface area contributed by atoms with Gasteiger partial charge in [-0.2, -0.15) is 4.68 Å². The van der Waals surface area contributed by atoms with Crippen molar-refractivity contribution in [2.75, 3.05) is 0 Å². The Hall–Kier alpha value is -2.91. The first-order valence-corrected chi connectivity index (χ1v) is 6.24. The van der Waals surface area contributed by atoms with Gasteiger partial charge < -0.3 is 9.26 Å². The predicted octanol–water partition coefficient (Wildman–Crippen LogP) is -0.181. The molecule has 0 fully saturated rings. The zero-order chi connectivity index (χ0) is 15.7. The highest BCUT2D eigenvalue weighted by atomic mass is 16.5. The van der Waals surface area contributed by atoms with Gasteiger partial charge in [0, 0.05) is 19.3 Å². The molecule has 10 heteroatoms. The number of rotatable bonds is 5. The lowest BCUT2D eigenvalue weighted by Crippen LogP contribution is -2.22. The summed E-state index contributed by atoms with van der Waals surface area (Å²) in [5.74, 6) is 0.455. The summed E-state index contributed by atoms with van der Waals surface area (Å²) in [6, 6.07) is 1.56. The van der Waals surface area contributed by atoms with Gasteiger partial charge in [0.15, 0.2) is 1.41 Å². The van der Waals surface area contributed by atoms with Gasteiger partial charge >= 0.3 is 5.69 Å². The molecular weight excluding hydrogens is 278 g/mol. The fourth-order valence-corrected chi connectivity index (χ4v) is 1.81. The van der Waals surface area contributed by atoms with E-state index in [0.29, 0.717) is 17.7 Å². The molecule has 21 heavy (non-hydrogen) atoms. The third kappa shape index (κ3) is 2.30. The molecule has 0 aliphatic heterocycles. The first-order valence-electron chi connectivity index (χ1n) is 6.69. The van der Waals surface area contributed by atoms with Crippen LogP contribution in [0, 0.1) is 0 Å². The second-order valence-electron chi connectivity index (χ2n) is 4.22. The van der Waals surface area contributed by atoms with E-state index in [0.717, 1.165) is 14.5 Å². The van der Waals surface area contributed by atoms with Crippen molar-refractivity contribution in [1.82, 2.24) is 35.1 Å². The number of aryl methyl sites for hydroxylation is 2. The first-order chi connectivity index (χ1) is 10.6. The fraction of sp³-hybridized carbons (Fsp3) is 0.364. The average molecular weight is 293 g/mol. The summed E-state index contributed by atoms with van der Waals surface area (Å²) in [7, 11) is 1.49. The Kier molecular flexibility index (Phi) is 2.96. The number of nitrogens with one attached hydrogen (secondary N) is 1. The number of hydrogen-bond acceptors (Lipinski definition) is 7. The fourth-order valence-electron chi connectivity index (χ4n) is 1.81. The van der Waals surface area contributed by atoms with Gasteiger partial charge in [0.05, 0.1) is 11.3 Å². The molecule has 0 bridgehead atoms. The molecular formula is C11H13N7O3. The van der Waals surface area contributed by atoms with Crippen LogP contribution in [-0.4, -0.2) is 35.1 Å². The number of hydrogen-bond donors (Lipinski definition) is 1. The van der Waals surface area contributed by atoms with E-state index in [1.807, 2.05) is 6.92 Å². The van der Waals surface area contributed by atoms with Crippen molar-refractivity contribution < 1.29 is 10.7 Å². The molecule has 3 heterocycles. The lowest BCUT2D eigenvalue weighted by molar-refractivity contribution is 0.289. The van der Waals surface area contributed by atoms with Gasteiger partial charge in [-0.15, -0.1) is 9.78 Å². The van der Waals surface area contributed by atoms with Crippen molar-refractivity contribution in [1.29, 1.82) is 0 Å². The normalized spacial score (nSPS) is 11.6. The number of nitrogens with zero attached hydrogens (tertiary/aromatic N) is 6. The number of aromatic nitrogens is 7. The third-order valence-electron chi connectivity index (χ3n) is 2.90. The van der Waals surface area contributed by atoms with Crippen molar-refractivity contribution in [3.05, 3.63) is 34.0 Å². The van der Waals surface area contributed by atoms with Gasteiger partial charge in [-0.1, -0.05) is 12.1 Å². The van der Waals surface area contributed by atoms with Crippen LogP contribution in [0.1, 0.15) is 18.2 Å². The summed E-state index contributed by atoms with van der Waals surface area (Å²) in [6.07, 6.45) is 2.04. The van der Waals surface area contributed by atoms with Crippen LogP contribution in [0.25, 0.3) is 5.88 Å². The van der Waals surface area contributed by atoms with Crippen LogP contribution in [0.15, 0.2) is 21.6 Å². The summed E-state index contributed by atoms with van der Waals surface area (Å²) in [5.41, 5.74) is 0.790. The van der Waals surface area contributed by atoms with Gasteiger partial charge in [0.25, 0.3) is 5.88 Å². The van der Waals surface area contributed by atoms with Crippen molar-refractivity contribution in [2.24, 2.45) is 7.05 Å². The molecule has 0 saturated carbocycles. The van der Waals surface area contributed by atoms with Gasteiger partial charge in [0.2, 0.25) is 5.88 Å². The maximum atomic E-state index is 11.9. The topological polar surface area (TPSA) is 117 Å². The van der Waals surface area contributed by atoms with Gasteiger partial charge in [-0.25, -0.2) is 4.79 Å². The maximum absolute atomic E-state index is 11.9. The predicted molar refractivity (Wildman–Crippen MR) is 69.0 cm³/mol. The zero-order valence-corrected chi connectivity index (χ0v) is 11.4. The molecule has 1 N–H and O–H groups in total. The quantitative estimate of drug-likeness (QED) is 0.693. The van der Waals surface area contributed by atoms with E-state index in [4.69, 9.17) is 10.7 Å². The Morgan fingerprint density at radius 1 is 1.52 bits per heavy atom. The lowest BCUT2D eigenvalue weighted by Gasteiger charge is -2.03. The van der Waals surface area contributed by atoms with Crippen LogP contribution in [0.4, 0.5) is 0 Å². The molecule has 0 radical (unpaired) electrons. The van der Waals surface area contributed by atoms with Crippen molar-refractivity contribution in [3.63, 3.8) is 0 Å². The maximum Gasteiger partial charge on any atom is 0.370 e. The van der Waals surface area contributed by atoms with Crippen LogP contribution >= 0.6 is 0 Å². The molecule has 0 atom stereocenters. The molecule has 0 aliphatic rings. The molecule has 10 nitrogen and oxygen atoms in total.